The number of alkyl halides is 3. The fourth-order valence-electron chi connectivity index (χ4n) is 4.98. The summed E-state index contributed by atoms with van der Waals surface area (Å²) >= 11 is 6.67. The number of pyridine rings is 2. The summed E-state index contributed by atoms with van der Waals surface area (Å²) in [6, 6.07) is 7.53. The van der Waals surface area contributed by atoms with Crippen molar-refractivity contribution in [3.8, 4) is 11.5 Å². The van der Waals surface area contributed by atoms with Gasteiger partial charge in [0.25, 0.3) is 0 Å². The van der Waals surface area contributed by atoms with Crippen LogP contribution < -0.4 is 10.1 Å². The summed E-state index contributed by atoms with van der Waals surface area (Å²) in [6.45, 7) is 7.87. The van der Waals surface area contributed by atoms with Gasteiger partial charge in [-0.1, -0.05) is 24.6 Å². The van der Waals surface area contributed by atoms with Crippen LogP contribution in [0.5, 0.6) is 11.5 Å². The molecule has 0 radical (unpaired) electrons. The Labute approximate surface area is 246 Å². The van der Waals surface area contributed by atoms with Crippen molar-refractivity contribution in [3.05, 3.63) is 64.6 Å². The van der Waals surface area contributed by atoms with Crippen molar-refractivity contribution in [2.24, 2.45) is 7.05 Å². The third-order valence-corrected chi connectivity index (χ3v) is 7.59. The maximum Gasteiger partial charge on any atom is 0.416 e. The Bertz CT molecular complexity index is 1600. The first-order valence-electron chi connectivity index (χ1n) is 13.6. The Hall–Kier alpha value is -3.74. The lowest BCUT2D eigenvalue weighted by molar-refractivity contribution is -0.138. The van der Waals surface area contributed by atoms with E-state index in [4.69, 9.17) is 16.3 Å². The molecule has 3 aromatic heterocycles. The van der Waals surface area contributed by atoms with Crippen LogP contribution >= 0.6 is 11.6 Å². The molecule has 0 amide bonds. The third kappa shape index (κ3) is 6.66. The zero-order valence-electron chi connectivity index (χ0n) is 23.5. The average molecular weight is 602 g/mol. The zero-order valence-corrected chi connectivity index (χ0v) is 24.3. The number of fused-ring (bicyclic) bond motifs is 1. The zero-order chi connectivity index (χ0) is 30.0. The number of piperazine rings is 1. The quantitative estimate of drug-likeness (QED) is 0.256. The molecule has 0 saturated carbocycles. The molecule has 1 saturated heterocycles. The Morgan fingerprint density at radius 1 is 1.10 bits per heavy atom. The maximum absolute atomic E-state index is 14.1. The Morgan fingerprint density at radius 2 is 1.83 bits per heavy atom. The Balaban J connectivity index is 1.38. The van der Waals surface area contributed by atoms with Crippen LogP contribution in [0, 0.1) is 0 Å². The van der Waals surface area contributed by atoms with E-state index in [1.807, 2.05) is 0 Å². The first-order valence-corrected chi connectivity index (χ1v) is 13.9. The highest BCUT2D eigenvalue weighted by atomic mass is 35.5. The summed E-state index contributed by atoms with van der Waals surface area (Å²) in [5, 5.41) is 3.22. The minimum absolute atomic E-state index is 0.0295. The SMILES string of the molecule is CCN1CCN(Cc2ccc(Nc3nc4ncc(Oc5ccnc(CC(C)=O)c5)c(Cl)c4n3C)cc2C(F)(F)F)CC1. The van der Waals surface area contributed by atoms with Gasteiger partial charge >= 0.3 is 6.18 Å². The molecule has 9 nitrogen and oxygen atoms in total. The predicted molar refractivity (Wildman–Crippen MR) is 154 cm³/mol. The first-order chi connectivity index (χ1) is 20.0. The van der Waals surface area contributed by atoms with E-state index < -0.39 is 11.7 Å². The van der Waals surface area contributed by atoms with Crippen LogP contribution in [0.15, 0.2) is 42.7 Å². The number of nitrogens with zero attached hydrogens (tertiary/aromatic N) is 6. The number of aryl methyl sites for hydroxylation is 1. The molecular formula is C29H31ClF3N7O2. The fourth-order valence-corrected chi connectivity index (χ4v) is 5.28. The van der Waals surface area contributed by atoms with Gasteiger partial charge in [-0.2, -0.15) is 18.2 Å². The van der Waals surface area contributed by atoms with E-state index in [0.717, 1.165) is 38.8 Å². The van der Waals surface area contributed by atoms with Gasteiger partial charge in [0.1, 0.15) is 22.1 Å². The first kappa shape index (κ1) is 29.7. The molecule has 1 aliphatic heterocycles. The highest BCUT2D eigenvalue weighted by Crippen LogP contribution is 2.37. The second-order valence-electron chi connectivity index (χ2n) is 10.3. The molecule has 0 atom stereocenters. The number of likely N-dealkylation sites (N-methyl/N-ethyl adjacent to an activating group) is 1. The number of aromatic nitrogens is 4. The lowest BCUT2D eigenvalue weighted by Gasteiger charge is -2.34. The number of ether oxygens (including phenoxy) is 1. The number of anilines is 2. The van der Waals surface area contributed by atoms with Crippen molar-refractivity contribution in [3.63, 3.8) is 0 Å². The van der Waals surface area contributed by atoms with Crippen molar-refractivity contribution in [2.75, 3.05) is 38.0 Å². The molecule has 1 aromatic carbocycles. The van der Waals surface area contributed by atoms with E-state index >= 15 is 0 Å². The summed E-state index contributed by atoms with van der Waals surface area (Å²) in [7, 11) is 1.68. The predicted octanol–water partition coefficient (Wildman–Crippen LogP) is 5.84. The number of hydrogen-bond acceptors (Lipinski definition) is 8. The third-order valence-electron chi connectivity index (χ3n) is 7.23. The summed E-state index contributed by atoms with van der Waals surface area (Å²) in [5.41, 5.74) is 1.08. The van der Waals surface area contributed by atoms with Gasteiger partial charge in [0.05, 0.1) is 17.5 Å². The number of Topliss-reactive ketones (excluding diaryl/α,β-unsaturated/α-hetero) is 1. The number of rotatable bonds is 9. The number of imidazole rings is 1. The number of carbonyl (C=O) groups is 1. The second kappa shape index (κ2) is 12.2. The Kier molecular flexibility index (Phi) is 8.67. The number of halogens is 4. The number of ketones is 1. The number of carbonyl (C=O) groups excluding carboxylic acids is 1. The van der Waals surface area contributed by atoms with Crippen LogP contribution in [0.2, 0.25) is 5.02 Å². The molecule has 222 valence electrons. The molecule has 4 heterocycles. The molecule has 1 fully saturated rings. The van der Waals surface area contributed by atoms with Crippen LogP contribution in [0.4, 0.5) is 24.8 Å². The van der Waals surface area contributed by atoms with Crippen molar-refractivity contribution < 1.29 is 22.7 Å². The van der Waals surface area contributed by atoms with Crippen molar-refractivity contribution in [1.29, 1.82) is 0 Å². The number of hydrogen-bond donors (Lipinski definition) is 1. The van der Waals surface area contributed by atoms with E-state index in [9.17, 15) is 18.0 Å². The highest BCUT2D eigenvalue weighted by Gasteiger charge is 2.34. The van der Waals surface area contributed by atoms with Gasteiger partial charge in [0.2, 0.25) is 5.95 Å². The van der Waals surface area contributed by atoms with Crippen LogP contribution in [0.3, 0.4) is 0 Å². The standard InChI is InChI=1S/C29H31ClF3N7O2/c1-4-39-9-11-40(12-10-39)17-19-5-6-20(15-23(19)29(31,32)33)36-28-37-27-26(38(28)3)25(30)24(16-35-27)42-22-7-8-34-21(14-22)13-18(2)41/h5-8,14-16H,4,9-13,17H2,1-3H3,(H,35,36,37). The topological polar surface area (TPSA) is 88.4 Å². The van der Waals surface area contributed by atoms with Crippen molar-refractivity contribution in [1.82, 2.24) is 29.3 Å². The van der Waals surface area contributed by atoms with Gasteiger partial charge in [-0.15, -0.1) is 0 Å². The van der Waals surface area contributed by atoms with Gasteiger partial charge in [-0.05, 0) is 37.2 Å². The van der Waals surface area contributed by atoms with Crippen molar-refractivity contribution in [2.45, 2.75) is 33.0 Å². The molecular weight excluding hydrogens is 571 g/mol. The highest BCUT2D eigenvalue weighted by molar-refractivity contribution is 6.36. The van der Waals surface area contributed by atoms with E-state index in [-0.39, 0.29) is 46.7 Å². The van der Waals surface area contributed by atoms with E-state index in [0.29, 0.717) is 22.6 Å². The molecule has 0 spiro atoms. The molecule has 13 heteroatoms. The smallest absolute Gasteiger partial charge is 0.416 e. The monoisotopic (exact) mass is 601 g/mol. The summed E-state index contributed by atoms with van der Waals surface area (Å²) in [6.07, 6.45) is -1.39. The summed E-state index contributed by atoms with van der Waals surface area (Å²) in [5.74, 6) is 0.915. The molecule has 0 unspecified atom stereocenters. The van der Waals surface area contributed by atoms with Crippen LogP contribution in [-0.4, -0.2) is 67.8 Å². The lowest BCUT2D eigenvalue weighted by Crippen LogP contribution is -2.45. The molecule has 1 N–H and O–H groups in total. The van der Waals surface area contributed by atoms with Gasteiger partial charge in [0.15, 0.2) is 11.4 Å². The molecule has 1 aliphatic rings. The van der Waals surface area contributed by atoms with E-state index in [1.165, 1.54) is 25.4 Å². The van der Waals surface area contributed by atoms with Gasteiger partial charge in [-0.3, -0.25) is 14.7 Å². The molecule has 0 bridgehead atoms. The van der Waals surface area contributed by atoms with Gasteiger partial charge in [-0.25, -0.2) is 4.98 Å². The van der Waals surface area contributed by atoms with Crippen LogP contribution in [-0.2, 0) is 31.0 Å². The number of benzene rings is 1. The lowest BCUT2D eigenvalue weighted by atomic mass is 10.0. The van der Waals surface area contributed by atoms with Crippen molar-refractivity contribution >= 4 is 40.2 Å². The minimum Gasteiger partial charge on any atom is -0.454 e. The van der Waals surface area contributed by atoms with E-state index in [1.54, 1.807) is 29.8 Å². The van der Waals surface area contributed by atoms with Gasteiger partial charge < -0.3 is 19.5 Å². The summed E-state index contributed by atoms with van der Waals surface area (Å²) in [4.78, 5) is 28.7. The molecule has 4 aromatic rings. The fraction of sp³-hybridized carbons (Fsp3) is 0.379. The van der Waals surface area contributed by atoms with Crippen LogP contribution in [0.1, 0.15) is 30.7 Å². The van der Waals surface area contributed by atoms with Gasteiger partial charge in [0, 0.05) is 64.1 Å². The van der Waals surface area contributed by atoms with E-state index in [2.05, 4.69) is 37.0 Å². The van der Waals surface area contributed by atoms with Crippen LogP contribution in [0.25, 0.3) is 11.2 Å². The maximum atomic E-state index is 14.1. The molecule has 42 heavy (non-hydrogen) atoms. The Morgan fingerprint density at radius 3 is 2.52 bits per heavy atom. The molecule has 5 rings (SSSR count). The summed E-state index contributed by atoms with van der Waals surface area (Å²) < 4.78 is 49.9. The normalized spacial score (nSPS) is 14.8. The average Bonchev–Trinajstić information content (AvgIpc) is 3.26. The largest absolute Gasteiger partial charge is 0.454 e. The number of nitrogens with one attached hydrogen (secondary N) is 1. The second-order valence-corrected chi connectivity index (χ2v) is 10.6. The molecule has 0 aliphatic carbocycles. The minimum atomic E-state index is -4.51.